The van der Waals surface area contributed by atoms with Gasteiger partial charge in [0.1, 0.15) is 9.84 Å². The van der Waals surface area contributed by atoms with Gasteiger partial charge in [-0.25, -0.2) is 8.42 Å². The molecule has 0 spiro atoms. The molecule has 1 unspecified atom stereocenters. The maximum Gasteiger partial charge on any atom is 0.150 e. The average molecular weight is 288 g/mol. The fraction of sp³-hybridized carbons (Fsp3) is 1.00. The minimum atomic E-state index is -2.82. The first-order chi connectivity index (χ1) is 8.84. The summed E-state index contributed by atoms with van der Waals surface area (Å²) in [6.45, 7) is 9.21. The Morgan fingerprint density at radius 2 is 2.00 bits per heavy atom. The van der Waals surface area contributed by atoms with Crippen molar-refractivity contribution in [1.29, 1.82) is 0 Å². The minimum absolute atomic E-state index is 0.140. The molecular formula is C14H28N2O2S. The summed E-state index contributed by atoms with van der Waals surface area (Å²) in [7, 11) is -2.82. The molecule has 1 N–H and O–H groups in total. The molecule has 1 heterocycles. The summed E-state index contributed by atoms with van der Waals surface area (Å²) < 4.78 is 23.1. The monoisotopic (exact) mass is 288 g/mol. The van der Waals surface area contributed by atoms with Gasteiger partial charge in [0, 0.05) is 30.4 Å². The van der Waals surface area contributed by atoms with Crippen molar-refractivity contribution >= 4 is 9.84 Å². The summed E-state index contributed by atoms with van der Waals surface area (Å²) >= 11 is 0. The summed E-state index contributed by atoms with van der Waals surface area (Å²) in [5.74, 6) is 1.46. The van der Waals surface area contributed by atoms with Gasteiger partial charge in [0.15, 0.2) is 0 Å². The topological polar surface area (TPSA) is 49.4 Å². The summed E-state index contributed by atoms with van der Waals surface area (Å²) in [4.78, 5) is 2.48. The SMILES string of the molecule is CCS(=O)(=O)CCCN1CC(C2CC2)NCC1(C)C. The van der Waals surface area contributed by atoms with Crippen molar-refractivity contribution in [1.82, 2.24) is 10.2 Å². The molecule has 0 radical (unpaired) electrons. The molecule has 1 atom stereocenters. The smallest absolute Gasteiger partial charge is 0.150 e. The van der Waals surface area contributed by atoms with Crippen molar-refractivity contribution in [3.8, 4) is 0 Å². The largest absolute Gasteiger partial charge is 0.311 e. The highest BCUT2D eigenvalue weighted by molar-refractivity contribution is 7.91. The van der Waals surface area contributed by atoms with Crippen molar-refractivity contribution in [3.63, 3.8) is 0 Å². The summed E-state index contributed by atoms with van der Waals surface area (Å²) in [6, 6.07) is 0.621. The highest BCUT2D eigenvalue weighted by Gasteiger charge is 2.39. The minimum Gasteiger partial charge on any atom is -0.311 e. The van der Waals surface area contributed by atoms with Gasteiger partial charge in [0.05, 0.1) is 5.75 Å². The number of nitrogens with one attached hydrogen (secondary N) is 1. The number of sulfone groups is 1. The van der Waals surface area contributed by atoms with Crippen LogP contribution < -0.4 is 5.32 Å². The van der Waals surface area contributed by atoms with E-state index >= 15 is 0 Å². The second-order valence-electron chi connectivity index (χ2n) is 6.67. The molecule has 4 nitrogen and oxygen atoms in total. The predicted molar refractivity (Wildman–Crippen MR) is 79.1 cm³/mol. The molecule has 1 saturated heterocycles. The Kier molecular flexibility index (Phi) is 4.58. The highest BCUT2D eigenvalue weighted by atomic mass is 32.2. The van der Waals surface area contributed by atoms with Gasteiger partial charge in [-0.15, -0.1) is 0 Å². The van der Waals surface area contributed by atoms with Crippen LogP contribution in [-0.4, -0.2) is 56.0 Å². The van der Waals surface area contributed by atoms with E-state index in [2.05, 4.69) is 24.1 Å². The summed E-state index contributed by atoms with van der Waals surface area (Å²) in [5, 5.41) is 3.66. The third kappa shape index (κ3) is 4.17. The molecule has 1 saturated carbocycles. The lowest BCUT2D eigenvalue weighted by Gasteiger charge is -2.46. The molecule has 5 heteroatoms. The quantitative estimate of drug-likeness (QED) is 0.800. The molecule has 2 aliphatic rings. The number of hydrogen-bond donors (Lipinski definition) is 1. The summed E-state index contributed by atoms with van der Waals surface area (Å²) in [6.07, 6.45) is 3.48. The molecule has 2 fully saturated rings. The van der Waals surface area contributed by atoms with Gasteiger partial charge in [-0.05, 0) is 45.6 Å². The van der Waals surface area contributed by atoms with Crippen molar-refractivity contribution in [3.05, 3.63) is 0 Å². The van der Waals surface area contributed by atoms with E-state index in [1.165, 1.54) is 12.8 Å². The lowest BCUT2D eigenvalue weighted by Crippen LogP contribution is -2.62. The van der Waals surface area contributed by atoms with Crippen LogP contribution in [0.1, 0.15) is 40.0 Å². The normalized spacial score (nSPS) is 28.5. The fourth-order valence-corrected chi connectivity index (χ4v) is 3.73. The molecule has 19 heavy (non-hydrogen) atoms. The second-order valence-corrected chi connectivity index (χ2v) is 9.15. The lowest BCUT2D eigenvalue weighted by atomic mass is 9.95. The van der Waals surface area contributed by atoms with Crippen molar-refractivity contribution < 1.29 is 8.42 Å². The fourth-order valence-electron chi connectivity index (χ4n) is 2.87. The van der Waals surface area contributed by atoms with Crippen molar-refractivity contribution in [2.45, 2.75) is 51.6 Å². The van der Waals surface area contributed by atoms with E-state index < -0.39 is 9.84 Å². The third-order valence-corrected chi connectivity index (χ3v) is 6.37. The molecule has 0 aromatic rings. The van der Waals surface area contributed by atoms with Crippen LogP contribution in [0.25, 0.3) is 0 Å². The van der Waals surface area contributed by atoms with Gasteiger partial charge >= 0.3 is 0 Å². The highest BCUT2D eigenvalue weighted by Crippen LogP contribution is 2.35. The Morgan fingerprint density at radius 3 is 2.58 bits per heavy atom. The first-order valence-electron chi connectivity index (χ1n) is 7.53. The van der Waals surface area contributed by atoms with Crippen molar-refractivity contribution in [2.75, 3.05) is 31.1 Å². The van der Waals surface area contributed by atoms with Crippen LogP contribution in [0.3, 0.4) is 0 Å². The molecule has 1 aliphatic carbocycles. The Balaban J connectivity index is 1.85. The predicted octanol–water partition coefficient (Wildman–Crippen LogP) is 1.27. The van der Waals surface area contributed by atoms with E-state index in [9.17, 15) is 8.42 Å². The van der Waals surface area contributed by atoms with E-state index in [-0.39, 0.29) is 11.3 Å². The first-order valence-corrected chi connectivity index (χ1v) is 9.35. The molecule has 112 valence electrons. The number of hydrogen-bond acceptors (Lipinski definition) is 4. The van der Waals surface area contributed by atoms with E-state index in [1.807, 2.05) is 0 Å². The van der Waals surface area contributed by atoms with Gasteiger partial charge in [-0.2, -0.15) is 0 Å². The van der Waals surface area contributed by atoms with Crippen molar-refractivity contribution in [2.24, 2.45) is 5.92 Å². The van der Waals surface area contributed by atoms with E-state index in [1.54, 1.807) is 6.92 Å². The Labute approximate surface area is 117 Å². The van der Waals surface area contributed by atoms with Gasteiger partial charge in [-0.1, -0.05) is 6.92 Å². The third-order valence-electron chi connectivity index (χ3n) is 4.58. The first kappa shape index (κ1) is 15.3. The van der Waals surface area contributed by atoms with Crippen LogP contribution in [0.15, 0.2) is 0 Å². The van der Waals surface area contributed by atoms with E-state index in [0.717, 1.165) is 32.0 Å². The molecule has 0 aromatic heterocycles. The zero-order chi connectivity index (χ0) is 14.1. The van der Waals surface area contributed by atoms with Crippen LogP contribution in [-0.2, 0) is 9.84 Å². The molecule has 0 aromatic carbocycles. The summed E-state index contributed by atoms with van der Waals surface area (Å²) in [5.41, 5.74) is 0.140. The van der Waals surface area contributed by atoms with Gasteiger partial charge in [-0.3, -0.25) is 4.90 Å². The molecule has 0 amide bonds. The average Bonchev–Trinajstić information content (AvgIpc) is 3.15. The van der Waals surface area contributed by atoms with Gasteiger partial charge in [0.2, 0.25) is 0 Å². The van der Waals surface area contributed by atoms with E-state index in [0.29, 0.717) is 11.8 Å². The number of piperazine rings is 1. The zero-order valence-corrected chi connectivity index (χ0v) is 13.3. The van der Waals surface area contributed by atoms with Crippen LogP contribution in [0.4, 0.5) is 0 Å². The molecule has 1 aliphatic heterocycles. The second kappa shape index (κ2) is 5.70. The van der Waals surface area contributed by atoms with E-state index in [4.69, 9.17) is 0 Å². The number of nitrogens with zero attached hydrogens (tertiary/aromatic N) is 1. The Morgan fingerprint density at radius 1 is 1.32 bits per heavy atom. The standard InChI is InChI=1S/C14H28N2O2S/c1-4-19(17,18)9-5-8-16-10-13(12-6-7-12)15-11-14(16,2)3/h12-13,15H,4-11H2,1-3H3. The van der Waals surface area contributed by atoms with Crippen LogP contribution in [0.2, 0.25) is 0 Å². The van der Waals surface area contributed by atoms with Gasteiger partial charge in [0.25, 0.3) is 0 Å². The zero-order valence-electron chi connectivity index (χ0n) is 12.5. The molecule has 2 rings (SSSR count). The Hall–Kier alpha value is -0.130. The Bertz CT molecular complexity index is 402. The van der Waals surface area contributed by atoms with Crippen LogP contribution in [0.5, 0.6) is 0 Å². The van der Waals surface area contributed by atoms with Gasteiger partial charge < -0.3 is 5.32 Å². The molecule has 0 bridgehead atoms. The number of rotatable bonds is 6. The lowest BCUT2D eigenvalue weighted by molar-refractivity contribution is 0.0611. The molecular weight excluding hydrogens is 260 g/mol. The van der Waals surface area contributed by atoms with Crippen LogP contribution >= 0.6 is 0 Å². The van der Waals surface area contributed by atoms with Crippen LogP contribution in [0, 0.1) is 5.92 Å². The maximum atomic E-state index is 11.6. The maximum absolute atomic E-state index is 11.6.